The van der Waals surface area contributed by atoms with Crippen LogP contribution in [-0.2, 0) is 14.2 Å². The molecule has 0 aromatic carbocycles. The molecule has 0 bridgehead atoms. The van der Waals surface area contributed by atoms with Crippen LogP contribution in [-0.4, -0.2) is 115 Å². The van der Waals surface area contributed by atoms with E-state index in [1.54, 1.807) is 0 Å². The molecule has 11 heteroatoms. The van der Waals surface area contributed by atoms with Crippen LogP contribution in [0.5, 0.6) is 0 Å². The van der Waals surface area contributed by atoms with Crippen LogP contribution in [0.2, 0.25) is 0 Å². The summed E-state index contributed by atoms with van der Waals surface area (Å²) in [5.41, 5.74) is 0. The van der Waals surface area contributed by atoms with E-state index in [-0.39, 0.29) is 0 Å². The Labute approximate surface area is 130 Å². The third-order valence-corrected chi connectivity index (χ3v) is 3.98. The normalized spacial score (nSPS) is 51.7. The maximum absolute atomic E-state index is 9.94. The van der Waals surface area contributed by atoms with Crippen LogP contribution >= 0.6 is 0 Å². The summed E-state index contributed by atoms with van der Waals surface area (Å²) in [5, 5.41) is 76.5. The molecule has 0 unspecified atom stereocenters. The first-order chi connectivity index (χ1) is 10.8. The highest BCUT2D eigenvalue weighted by atomic mass is 16.7. The molecule has 11 nitrogen and oxygen atoms in total. The monoisotopic (exact) mass is 342 g/mol. The summed E-state index contributed by atoms with van der Waals surface area (Å²) in [7, 11) is 0. The molecule has 0 saturated carbocycles. The van der Waals surface area contributed by atoms with Crippen molar-refractivity contribution in [1.82, 2.24) is 0 Å². The zero-order valence-corrected chi connectivity index (χ0v) is 12.0. The Bertz CT molecular complexity index is 378. The van der Waals surface area contributed by atoms with Gasteiger partial charge in [0.2, 0.25) is 0 Å². The van der Waals surface area contributed by atoms with Crippen molar-refractivity contribution < 1.29 is 55.1 Å². The first-order valence-corrected chi connectivity index (χ1v) is 7.08. The quantitative estimate of drug-likeness (QED) is 0.243. The molecule has 2 aliphatic heterocycles. The number of hydrogen-bond acceptors (Lipinski definition) is 11. The molecular weight excluding hydrogens is 320 g/mol. The molecule has 2 fully saturated rings. The molecule has 10 atom stereocenters. The Balaban J connectivity index is 2.11. The Morgan fingerprint density at radius 2 is 1.26 bits per heavy atom. The van der Waals surface area contributed by atoms with Crippen molar-refractivity contribution >= 4 is 0 Å². The number of hydrogen-bond donors (Lipinski definition) is 8. The highest BCUT2D eigenvalue weighted by molar-refractivity contribution is 4.93. The minimum Gasteiger partial charge on any atom is -0.394 e. The molecule has 2 heterocycles. The van der Waals surface area contributed by atoms with Gasteiger partial charge in [0.1, 0.15) is 48.8 Å². The number of rotatable bonds is 4. The molecule has 136 valence electrons. The van der Waals surface area contributed by atoms with E-state index in [2.05, 4.69) is 0 Å². The first kappa shape index (κ1) is 18.9. The van der Waals surface area contributed by atoms with E-state index in [0.29, 0.717) is 0 Å². The van der Waals surface area contributed by atoms with Crippen LogP contribution < -0.4 is 0 Å². The van der Waals surface area contributed by atoms with Crippen molar-refractivity contribution in [3.8, 4) is 0 Å². The number of aliphatic hydroxyl groups excluding tert-OH is 8. The molecule has 8 N–H and O–H groups in total. The van der Waals surface area contributed by atoms with Crippen LogP contribution in [0.1, 0.15) is 0 Å². The Hall–Kier alpha value is -0.440. The van der Waals surface area contributed by atoms with E-state index >= 15 is 0 Å². The Morgan fingerprint density at radius 3 is 1.83 bits per heavy atom. The third-order valence-electron chi connectivity index (χ3n) is 3.98. The van der Waals surface area contributed by atoms with Gasteiger partial charge in [-0.2, -0.15) is 0 Å². The summed E-state index contributed by atoms with van der Waals surface area (Å²) in [5.74, 6) is 0. The molecule has 2 aliphatic rings. The second-order valence-electron chi connectivity index (χ2n) is 5.53. The van der Waals surface area contributed by atoms with Gasteiger partial charge in [0.15, 0.2) is 12.6 Å². The van der Waals surface area contributed by atoms with Gasteiger partial charge in [-0.15, -0.1) is 0 Å². The average molecular weight is 342 g/mol. The van der Waals surface area contributed by atoms with Gasteiger partial charge in [-0.3, -0.25) is 0 Å². The molecular formula is C12H22O11. The lowest BCUT2D eigenvalue weighted by molar-refractivity contribution is -0.355. The van der Waals surface area contributed by atoms with E-state index in [0.717, 1.165) is 0 Å². The molecule has 0 aromatic rings. The van der Waals surface area contributed by atoms with Gasteiger partial charge < -0.3 is 55.1 Å². The molecule has 2 saturated heterocycles. The second-order valence-corrected chi connectivity index (χ2v) is 5.53. The second kappa shape index (κ2) is 7.63. The van der Waals surface area contributed by atoms with E-state index in [1.807, 2.05) is 0 Å². The van der Waals surface area contributed by atoms with Crippen LogP contribution in [0.15, 0.2) is 0 Å². The fourth-order valence-corrected chi connectivity index (χ4v) is 2.57. The van der Waals surface area contributed by atoms with Crippen molar-refractivity contribution in [1.29, 1.82) is 0 Å². The zero-order valence-electron chi connectivity index (χ0n) is 12.0. The largest absolute Gasteiger partial charge is 0.394 e. The smallest absolute Gasteiger partial charge is 0.187 e. The minimum atomic E-state index is -1.74. The summed E-state index contributed by atoms with van der Waals surface area (Å²) in [6, 6.07) is 0. The lowest BCUT2D eigenvalue weighted by atomic mass is 9.97. The maximum Gasteiger partial charge on any atom is 0.187 e. The summed E-state index contributed by atoms with van der Waals surface area (Å²) in [6.45, 7) is -1.35. The van der Waals surface area contributed by atoms with E-state index in [4.69, 9.17) is 19.3 Å². The average Bonchev–Trinajstić information content (AvgIpc) is 2.55. The van der Waals surface area contributed by atoms with E-state index < -0.39 is 74.6 Å². The lowest BCUT2D eigenvalue weighted by Gasteiger charge is -2.45. The molecule has 23 heavy (non-hydrogen) atoms. The molecule has 2 rings (SSSR count). The first-order valence-electron chi connectivity index (χ1n) is 7.08. The third kappa shape index (κ3) is 3.65. The topological polar surface area (TPSA) is 190 Å². The van der Waals surface area contributed by atoms with Gasteiger partial charge in [-0.05, 0) is 0 Å². The van der Waals surface area contributed by atoms with Crippen molar-refractivity contribution in [2.45, 2.75) is 61.4 Å². The van der Waals surface area contributed by atoms with Crippen LogP contribution in [0.3, 0.4) is 0 Å². The summed E-state index contributed by atoms with van der Waals surface area (Å²) >= 11 is 0. The zero-order chi connectivity index (χ0) is 17.3. The van der Waals surface area contributed by atoms with Crippen molar-refractivity contribution in [2.75, 3.05) is 13.2 Å². The summed E-state index contributed by atoms with van der Waals surface area (Å²) < 4.78 is 15.3. The Morgan fingerprint density at radius 1 is 0.652 bits per heavy atom. The van der Waals surface area contributed by atoms with Gasteiger partial charge in [0, 0.05) is 0 Å². The van der Waals surface area contributed by atoms with Crippen LogP contribution in [0, 0.1) is 0 Å². The minimum absolute atomic E-state index is 0.667. The molecule has 0 aliphatic carbocycles. The van der Waals surface area contributed by atoms with Gasteiger partial charge in [-0.1, -0.05) is 0 Å². The van der Waals surface area contributed by atoms with Gasteiger partial charge >= 0.3 is 0 Å². The van der Waals surface area contributed by atoms with Gasteiger partial charge in [0.05, 0.1) is 13.2 Å². The molecule has 0 spiro atoms. The van der Waals surface area contributed by atoms with Crippen LogP contribution in [0.4, 0.5) is 0 Å². The lowest BCUT2D eigenvalue weighted by Crippen LogP contribution is -2.64. The Kier molecular flexibility index (Phi) is 6.27. The van der Waals surface area contributed by atoms with Gasteiger partial charge in [-0.25, -0.2) is 0 Å². The fourth-order valence-electron chi connectivity index (χ4n) is 2.57. The van der Waals surface area contributed by atoms with Crippen molar-refractivity contribution in [2.24, 2.45) is 0 Å². The summed E-state index contributed by atoms with van der Waals surface area (Å²) in [6.07, 6.45) is -15.6. The van der Waals surface area contributed by atoms with Crippen molar-refractivity contribution in [3.63, 3.8) is 0 Å². The molecule has 0 aromatic heterocycles. The predicted molar refractivity (Wildman–Crippen MR) is 68.6 cm³/mol. The van der Waals surface area contributed by atoms with E-state index in [9.17, 15) is 35.7 Å². The highest BCUT2D eigenvalue weighted by Crippen LogP contribution is 2.28. The van der Waals surface area contributed by atoms with Gasteiger partial charge in [0.25, 0.3) is 0 Å². The van der Waals surface area contributed by atoms with Crippen molar-refractivity contribution in [3.05, 3.63) is 0 Å². The SMILES string of the molecule is OC[C@@H]1O[C@H](O)[C@@H](O)[C@H](O)[C@H]1O[C@@H]1O[C@H](CO)[C@@H](O)[C@H](O)[C@@H]1O. The summed E-state index contributed by atoms with van der Waals surface area (Å²) in [4.78, 5) is 0. The maximum atomic E-state index is 9.94. The van der Waals surface area contributed by atoms with Crippen LogP contribution in [0.25, 0.3) is 0 Å². The standard InChI is InChI=1S/C12H22O11/c13-1-3-5(15)6(16)9(19)12(22-3)23-10-4(2-14)21-11(20)8(18)7(10)17/h3-20H,1-2H2/t3-,4+,5-,6+,7+,8+,9+,10+,11+,12+/m1/s1. The predicted octanol–water partition coefficient (Wildman–Crippen LogP) is -5.40. The highest BCUT2D eigenvalue weighted by Gasteiger charge is 2.50. The van der Waals surface area contributed by atoms with E-state index in [1.165, 1.54) is 0 Å². The molecule has 0 radical (unpaired) electrons. The fraction of sp³-hybridized carbons (Fsp3) is 1.00. The molecule has 0 amide bonds. The number of aliphatic hydroxyl groups is 8. The number of ether oxygens (including phenoxy) is 3.